The molecule has 0 aliphatic heterocycles. The van der Waals surface area contributed by atoms with Gasteiger partial charge in [-0.15, -0.1) is 5.10 Å². The molecule has 1 aromatic carbocycles. The Bertz CT molecular complexity index is 808. The molecule has 23 heavy (non-hydrogen) atoms. The number of nitrogens with one attached hydrogen (secondary N) is 2. The Morgan fingerprint density at radius 2 is 2.09 bits per heavy atom. The van der Waals surface area contributed by atoms with E-state index in [0.29, 0.717) is 11.0 Å². The van der Waals surface area contributed by atoms with Gasteiger partial charge in [-0.05, 0) is 52.9 Å². The summed E-state index contributed by atoms with van der Waals surface area (Å²) in [6.07, 6.45) is 3.39. The van der Waals surface area contributed by atoms with E-state index in [0.717, 1.165) is 14.8 Å². The molecule has 116 valence electrons. The minimum Gasteiger partial charge on any atom is -0.325 e. The fourth-order valence-electron chi connectivity index (χ4n) is 1.84. The van der Waals surface area contributed by atoms with Gasteiger partial charge in [0.25, 0.3) is 0 Å². The normalized spacial score (nSPS) is 10.5. The highest BCUT2D eigenvalue weighted by Gasteiger charge is 2.09. The summed E-state index contributed by atoms with van der Waals surface area (Å²) in [7, 11) is 0. The van der Waals surface area contributed by atoms with E-state index >= 15 is 0 Å². The lowest BCUT2D eigenvalue weighted by atomic mass is 10.3. The SMILES string of the molecule is O=C(CSc1n[nH]c(-c2ccncc2)n1)Nc1cccc(I)c1. The van der Waals surface area contributed by atoms with Crippen molar-refractivity contribution in [1.29, 1.82) is 0 Å². The van der Waals surface area contributed by atoms with Gasteiger partial charge < -0.3 is 5.32 Å². The topological polar surface area (TPSA) is 83.6 Å². The zero-order valence-corrected chi connectivity index (χ0v) is 14.8. The monoisotopic (exact) mass is 437 g/mol. The van der Waals surface area contributed by atoms with Gasteiger partial charge >= 0.3 is 0 Å². The number of pyridine rings is 1. The van der Waals surface area contributed by atoms with Crippen LogP contribution in [-0.2, 0) is 4.79 Å². The summed E-state index contributed by atoms with van der Waals surface area (Å²) in [5.74, 6) is 0.819. The molecule has 2 N–H and O–H groups in total. The van der Waals surface area contributed by atoms with Gasteiger partial charge in [0.1, 0.15) is 0 Å². The standard InChI is InChI=1S/C15H12IN5OS/c16-11-2-1-3-12(8-11)18-13(22)9-23-15-19-14(20-21-15)10-4-6-17-7-5-10/h1-8H,9H2,(H,18,22)(H,19,20,21). The van der Waals surface area contributed by atoms with E-state index in [-0.39, 0.29) is 11.7 Å². The Morgan fingerprint density at radius 3 is 2.87 bits per heavy atom. The second kappa shape index (κ2) is 7.55. The van der Waals surface area contributed by atoms with E-state index in [1.807, 2.05) is 36.4 Å². The quantitative estimate of drug-likeness (QED) is 0.473. The number of anilines is 1. The zero-order valence-electron chi connectivity index (χ0n) is 11.9. The number of thioether (sulfide) groups is 1. The average Bonchev–Trinajstić information content (AvgIpc) is 3.03. The van der Waals surface area contributed by atoms with Crippen LogP contribution in [0.4, 0.5) is 5.69 Å². The third-order valence-corrected chi connectivity index (χ3v) is 4.38. The molecule has 8 heteroatoms. The summed E-state index contributed by atoms with van der Waals surface area (Å²) in [5.41, 5.74) is 1.69. The molecule has 6 nitrogen and oxygen atoms in total. The molecule has 0 atom stereocenters. The predicted molar refractivity (Wildman–Crippen MR) is 98.1 cm³/mol. The maximum atomic E-state index is 12.0. The van der Waals surface area contributed by atoms with E-state index < -0.39 is 0 Å². The molecule has 0 saturated heterocycles. The van der Waals surface area contributed by atoms with E-state index in [2.05, 4.69) is 48.1 Å². The summed E-state index contributed by atoms with van der Waals surface area (Å²) in [6.45, 7) is 0. The first kappa shape index (κ1) is 15.9. The molecule has 0 spiro atoms. The van der Waals surface area contributed by atoms with Crippen LogP contribution >= 0.6 is 34.4 Å². The van der Waals surface area contributed by atoms with Crippen molar-refractivity contribution in [2.45, 2.75) is 5.16 Å². The molecule has 0 radical (unpaired) electrons. The third-order valence-electron chi connectivity index (χ3n) is 2.86. The lowest BCUT2D eigenvalue weighted by molar-refractivity contribution is -0.113. The maximum absolute atomic E-state index is 12.0. The highest BCUT2D eigenvalue weighted by atomic mass is 127. The van der Waals surface area contributed by atoms with Gasteiger partial charge in [-0.25, -0.2) is 4.98 Å². The highest BCUT2D eigenvalue weighted by molar-refractivity contribution is 14.1. The van der Waals surface area contributed by atoms with Crippen molar-refractivity contribution in [2.75, 3.05) is 11.1 Å². The van der Waals surface area contributed by atoms with Gasteiger partial charge in [0, 0.05) is 27.2 Å². The molecule has 0 aliphatic rings. The highest BCUT2D eigenvalue weighted by Crippen LogP contribution is 2.19. The van der Waals surface area contributed by atoms with Crippen molar-refractivity contribution in [2.24, 2.45) is 0 Å². The summed E-state index contributed by atoms with van der Waals surface area (Å²) >= 11 is 3.49. The minimum absolute atomic E-state index is 0.0905. The Kier molecular flexibility index (Phi) is 5.23. The number of rotatable bonds is 5. The van der Waals surface area contributed by atoms with E-state index in [1.165, 1.54) is 11.8 Å². The molecule has 0 aliphatic carbocycles. The Balaban J connectivity index is 1.56. The molecule has 2 heterocycles. The Hall–Kier alpha value is -1.94. The van der Waals surface area contributed by atoms with Crippen LogP contribution in [0.5, 0.6) is 0 Å². The molecule has 0 fully saturated rings. The molecule has 0 saturated carbocycles. The first-order chi connectivity index (χ1) is 11.2. The number of amides is 1. The van der Waals surface area contributed by atoms with Crippen LogP contribution in [0.3, 0.4) is 0 Å². The fourth-order valence-corrected chi connectivity index (χ4v) is 2.98. The molecular formula is C15H12IN5OS. The van der Waals surface area contributed by atoms with Crippen LogP contribution in [0.1, 0.15) is 0 Å². The number of hydrogen-bond donors (Lipinski definition) is 2. The van der Waals surface area contributed by atoms with Gasteiger partial charge in [-0.1, -0.05) is 17.8 Å². The molecule has 3 rings (SSSR count). The second-order valence-corrected chi connectivity index (χ2v) is 6.74. The van der Waals surface area contributed by atoms with Gasteiger partial charge in [-0.3, -0.25) is 14.9 Å². The van der Waals surface area contributed by atoms with Crippen molar-refractivity contribution < 1.29 is 4.79 Å². The Morgan fingerprint density at radius 1 is 1.26 bits per heavy atom. The maximum Gasteiger partial charge on any atom is 0.234 e. The van der Waals surface area contributed by atoms with Crippen LogP contribution in [-0.4, -0.2) is 31.8 Å². The molecule has 3 aromatic rings. The number of carbonyl (C=O) groups excluding carboxylic acids is 1. The van der Waals surface area contributed by atoms with Crippen LogP contribution < -0.4 is 5.32 Å². The molecule has 0 bridgehead atoms. The van der Waals surface area contributed by atoms with Crippen LogP contribution in [0, 0.1) is 3.57 Å². The first-order valence-corrected chi connectivity index (χ1v) is 8.78. The van der Waals surface area contributed by atoms with E-state index in [4.69, 9.17) is 0 Å². The van der Waals surface area contributed by atoms with Crippen molar-refractivity contribution in [1.82, 2.24) is 20.2 Å². The predicted octanol–water partition coefficient (Wildman–Crippen LogP) is 3.20. The van der Waals surface area contributed by atoms with Crippen LogP contribution in [0.15, 0.2) is 53.9 Å². The molecule has 0 unspecified atom stereocenters. The number of aromatic amines is 1. The number of aromatic nitrogens is 4. The third kappa shape index (κ3) is 4.52. The van der Waals surface area contributed by atoms with Gasteiger partial charge in [0.15, 0.2) is 5.82 Å². The summed E-state index contributed by atoms with van der Waals surface area (Å²) in [4.78, 5) is 20.3. The van der Waals surface area contributed by atoms with E-state index in [1.54, 1.807) is 12.4 Å². The lowest BCUT2D eigenvalue weighted by Crippen LogP contribution is -2.14. The average molecular weight is 437 g/mol. The number of H-pyrrole nitrogens is 1. The van der Waals surface area contributed by atoms with Gasteiger partial charge in [0.2, 0.25) is 11.1 Å². The van der Waals surface area contributed by atoms with Crippen molar-refractivity contribution in [3.05, 3.63) is 52.4 Å². The Labute approximate surface area is 150 Å². The summed E-state index contributed by atoms with van der Waals surface area (Å²) in [5, 5.41) is 10.4. The largest absolute Gasteiger partial charge is 0.325 e. The molecule has 2 aromatic heterocycles. The first-order valence-electron chi connectivity index (χ1n) is 6.72. The lowest BCUT2D eigenvalue weighted by Gasteiger charge is -2.04. The number of nitrogens with zero attached hydrogens (tertiary/aromatic N) is 3. The molecular weight excluding hydrogens is 425 g/mol. The summed E-state index contributed by atoms with van der Waals surface area (Å²) in [6, 6.07) is 11.3. The van der Waals surface area contributed by atoms with E-state index in [9.17, 15) is 4.79 Å². The van der Waals surface area contributed by atoms with Gasteiger partial charge in [0.05, 0.1) is 5.75 Å². The van der Waals surface area contributed by atoms with Crippen molar-refractivity contribution in [3.8, 4) is 11.4 Å². The summed E-state index contributed by atoms with van der Waals surface area (Å²) < 4.78 is 1.07. The van der Waals surface area contributed by atoms with Crippen molar-refractivity contribution >= 4 is 45.9 Å². The second-order valence-electron chi connectivity index (χ2n) is 4.55. The zero-order chi connectivity index (χ0) is 16.1. The van der Waals surface area contributed by atoms with Gasteiger partial charge in [-0.2, -0.15) is 0 Å². The fraction of sp³-hybridized carbons (Fsp3) is 0.0667. The number of halogens is 1. The number of hydrogen-bond acceptors (Lipinski definition) is 5. The van der Waals surface area contributed by atoms with Crippen LogP contribution in [0.25, 0.3) is 11.4 Å². The molecule has 1 amide bonds. The smallest absolute Gasteiger partial charge is 0.234 e. The van der Waals surface area contributed by atoms with Crippen LogP contribution in [0.2, 0.25) is 0 Å². The minimum atomic E-state index is -0.0905. The number of carbonyl (C=O) groups is 1. The van der Waals surface area contributed by atoms with Crippen molar-refractivity contribution in [3.63, 3.8) is 0 Å². The number of benzene rings is 1.